The number of amides is 1. The van der Waals surface area contributed by atoms with E-state index in [9.17, 15) is 4.79 Å². The molecule has 1 aromatic heterocycles. The van der Waals surface area contributed by atoms with Gasteiger partial charge in [0.2, 0.25) is 5.91 Å². The Balaban J connectivity index is 2.14. The van der Waals surface area contributed by atoms with Crippen molar-refractivity contribution < 1.29 is 4.79 Å². The van der Waals surface area contributed by atoms with Gasteiger partial charge in [0.1, 0.15) is 0 Å². The molecule has 0 aliphatic carbocycles. The van der Waals surface area contributed by atoms with Gasteiger partial charge in [0.15, 0.2) is 0 Å². The summed E-state index contributed by atoms with van der Waals surface area (Å²) in [5, 5.41) is 16.0. The maximum absolute atomic E-state index is 11.2. The predicted molar refractivity (Wildman–Crippen MR) is 67.0 cm³/mol. The largest absolute Gasteiger partial charge is 0.354 e. The molecule has 2 N–H and O–H groups in total. The summed E-state index contributed by atoms with van der Waals surface area (Å²) in [5.74, 6) is -0.0806. The number of halogens is 1. The molecule has 0 saturated carbocycles. The van der Waals surface area contributed by atoms with E-state index in [0.717, 1.165) is 4.47 Å². The summed E-state index contributed by atoms with van der Waals surface area (Å²) < 4.78 is 1.06. The van der Waals surface area contributed by atoms with Gasteiger partial charge in [-0.2, -0.15) is 5.26 Å². The van der Waals surface area contributed by atoms with Crippen molar-refractivity contribution in [3.8, 4) is 6.07 Å². The monoisotopic (exact) mass is 301 g/mol. The van der Waals surface area contributed by atoms with Gasteiger partial charge >= 0.3 is 0 Å². The van der Waals surface area contributed by atoms with Crippen LogP contribution in [-0.4, -0.2) is 19.0 Å². The maximum atomic E-state index is 11.2. The highest BCUT2D eigenvalue weighted by molar-refractivity contribution is 9.10. The molecule has 0 bridgehead atoms. The third-order valence-electron chi connectivity index (χ3n) is 1.82. The Morgan fingerprint density at radius 3 is 3.06 bits per heavy atom. The second-order valence-electron chi connectivity index (χ2n) is 3.05. The zero-order valence-corrected chi connectivity index (χ0v) is 11.0. The Labute approximate surface area is 107 Å². The van der Waals surface area contributed by atoms with Crippen molar-refractivity contribution in [1.82, 2.24) is 10.6 Å². The molecule has 0 saturated heterocycles. The minimum Gasteiger partial charge on any atom is -0.354 e. The first-order valence-corrected chi connectivity index (χ1v) is 6.47. The molecule has 1 amide bonds. The number of carbonyl (C=O) groups excluding carboxylic acids is 1. The highest BCUT2D eigenvalue weighted by atomic mass is 79.9. The lowest BCUT2D eigenvalue weighted by Crippen LogP contribution is -2.33. The summed E-state index contributed by atoms with van der Waals surface area (Å²) in [4.78, 5) is 12.4. The molecule has 0 atom stereocenters. The lowest BCUT2D eigenvalue weighted by atomic mass is 10.4. The molecular formula is C10H12BrN3OS. The van der Waals surface area contributed by atoms with Crippen LogP contribution in [0.2, 0.25) is 0 Å². The first-order valence-electron chi connectivity index (χ1n) is 4.80. The summed E-state index contributed by atoms with van der Waals surface area (Å²) in [6.45, 7) is 1.36. The van der Waals surface area contributed by atoms with E-state index >= 15 is 0 Å². The van der Waals surface area contributed by atoms with Crippen LogP contribution in [-0.2, 0) is 11.3 Å². The number of hydrogen-bond acceptors (Lipinski definition) is 4. The molecule has 0 aliphatic heterocycles. The number of rotatable bonds is 6. The first kappa shape index (κ1) is 13.2. The molecule has 16 heavy (non-hydrogen) atoms. The van der Waals surface area contributed by atoms with Crippen LogP contribution in [0.4, 0.5) is 0 Å². The van der Waals surface area contributed by atoms with Crippen LogP contribution in [0.25, 0.3) is 0 Å². The molecule has 6 heteroatoms. The van der Waals surface area contributed by atoms with Crippen molar-refractivity contribution in [2.45, 2.75) is 13.0 Å². The van der Waals surface area contributed by atoms with Gasteiger partial charge in [-0.05, 0) is 27.4 Å². The number of carbonyl (C=O) groups is 1. The molecule has 1 aromatic rings. The van der Waals surface area contributed by atoms with E-state index in [1.165, 1.54) is 4.88 Å². The van der Waals surface area contributed by atoms with E-state index in [4.69, 9.17) is 5.26 Å². The summed E-state index contributed by atoms with van der Waals surface area (Å²) in [6, 6.07) is 3.95. The van der Waals surface area contributed by atoms with Gasteiger partial charge < -0.3 is 10.6 Å². The Kier molecular flexibility index (Phi) is 6.08. The molecule has 0 unspecified atom stereocenters. The minimum absolute atomic E-state index is 0.0806. The topological polar surface area (TPSA) is 64.9 Å². The van der Waals surface area contributed by atoms with Crippen molar-refractivity contribution in [2.75, 3.05) is 13.1 Å². The fourth-order valence-electron chi connectivity index (χ4n) is 1.06. The van der Waals surface area contributed by atoms with E-state index in [1.54, 1.807) is 11.3 Å². The van der Waals surface area contributed by atoms with Gasteiger partial charge in [0.25, 0.3) is 0 Å². The van der Waals surface area contributed by atoms with Gasteiger partial charge in [0.05, 0.1) is 19.0 Å². The van der Waals surface area contributed by atoms with E-state index in [0.29, 0.717) is 19.5 Å². The molecule has 1 heterocycles. The van der Waals surface area contributed by atoms with Gasteiger partial charge in [-0.25, -0.2) is 0 Å². The van der Waals surface area contributed by atoms with Gasteiger partial charge in [-0.3, -0.25) is 4.79 Å². The second kappa shape index (κ2) is 7.39. The summed E-state index contributed by atoms with van der Waals surface area (Å²) >= 11 is 5.06. The smallest absolute Gasteiger partial charge is 0.234 e. The number of nitriles is 1. The normalized spacial score (nSPS) is 9.75. The molecule has 4 nitrogen and oxygen atoms in total. The summed E-state index contributed by atoms with van der Waals surface area (Å²) in [6.07, 6.45) is 0.349. The molecule has 1 rings (SSSR count). The number of hydrogen-bond donors (Lipinski definition) is 2. The average molecular weight is 302 g/mol. The highest BCUT2D eigenvalue weighted by Crippen LogP contribution is 2.21. The Bertz CT molecular complexity index is 386. The third kappa shape index (κ3) is 4.75. The van der Waals surface area contributed by atoms with Crippen molar-refractivity contribution in [1.29, 1.82) is 5.26 Å². The quantitative estimate of drug-likeness (QED) is 0.785. The van der Waals surface area contributed by atoms with Crippen LogP contribution < -0.4 is 10.6 Å². The standard InChI is InChI=1S/C10H12BrN3OS/c11-8-2-5-16-9(8)6-13-7-10(15)14-4-1-3-12/h2,5,13H,1,4,6-7H2,(H,14,15). The van der Waals surface area contributed by atoms with Crippen molar-refractivity contribution >= 4 is 33.2 Å². The molecule has 0 aliphatic rings. The van der Waals surface area contributed by atoms with Crippen LogP contribution in [0.3, 0.4) is 0 Å². The second-order valence-corrected chi connectivity index (χ2v) is 4.91. The number of nitrogens with zero attached hydrogens (tertiary/aromatic N) is 1. The molecule has 0 spiro atoms. The fourth-order valence-corrected chi connectivity index (χ4v) is 2.52. The number of thiophene rings is 1. The van der Waals surface area contributed by atoms with Gasteiger partial charge in [-0.1, -0.05) is 0 Å². The van der Waals surface area contributed by atoms with Crippen LogP contribution in [0.1, 0.15) is 11.3 Å². The van der Waals surface area contributed by atoms with E-state index in [1.807, 2.05) is 17.5 Å². The van der Waals surface area contributed by atoms with Crippen LogP contribution in [0.5, 0.6) is 0 Å². The lowest BCUT2D eigenvalue weighted by molar-refractivity contribution is -0.120. The lowest BCUT2D eigenvalue weighted by Gasteiger charge is -2.04. The molecule has 0 fully saturated rings. The Hall–Kier alpha value is -0.900. The minimum atomic E-state index is -0.0806. The average Bonchev–Trinajstić information content (AvgIpc) is 2.65. The Morgan fingerprint density at radius 2 is 2.44 bits per heavy atom. The zero-order valence-electron chi connectivity index (χ0n) is 8.62. The highest BCUT2D eigenvalue weighted by Gasteiger charge is 2.03. The molecule has 86 valence electrons. The van der Waals surface area contributed by atoms with Crippen molar-refractivity contribution in [3.63, 3.8) is 0 Å². The van der Waals surface area contributed by atoms with E-state index < -0.39 is 0 Å². The molecule has 0 aromatic carbocycles. The van der Waals surface area contributed by atoms with E-state index in [-0.39, 0.29) is 12.5 Å². The molecular weight excluding hydrogens is 290 g/mol. The predicted octanol–water partition coefficient (Wildman–Crippen LogP) is 1.63. The zero-order chi connectivity index (χ0) is 11.8. The van der Waals surface area contributed by atoms with E-state index in [2.05, 4.69) is 26.6 Å². The summed E-state index contributed by atoms with van der Waals surface area (Å²) in [7, 11) is 0. The maximum Gasteiger partial charge on any atom is 0.234 e. The number of nitrogens with one attached hydrogen (secondary N) is 2. The van der Waals surface area contributed by atoms with Crippen molar-refractivity contribution in [2.24, 2.45) is 0 Å². The van der Waals surface area contributed by atoms with Gasteiger partial charge in [-0.15, -0.1) is 11.3 Å². The van der Waals surface area contributed by atoms with Gasteiger partial charge in [0, 0.05) is 22.4 Å². The fraction of sp³-hybridized carbons (Fsp3) is 0.400. The van der Waals surface area contributed by atoms with Crippen LogP contribution >= 0.6 is 27.3 Å². The molecule has 0 radical (unpaired) electrons. The van der Waals surface area contributed by atoms with Crippen LogP contribution in [0, 0.1) is 11.3 Å². The van der Waals surface area contributed by atoms with Crippen molar-refractivity contribution in [3.05, 3.63) is 20.8 Å². The van der Waals surface area contributed by atoms with Crippen LogP contribution in [0.15, 0.2) is 15.9 Å². The SMILES string of the molecule is N#CCCNC(=O)CNCc1sccc1Br. The Morgan fingerprint density at radius 1 is 1.62 bits per heavy atom. The summed E-state index contributed by atoms with van der Waals surface area (Å²) in [5.41, 5.74) is 0. The first-order chi connectivity index (χ1) is 7.74. The third-order valence-corrected chi connectivity index (χ3v) is 3.75.